The predicted molar refractivity (Wildman–Crippen MR) is 90.9 cm³/mol. The van der Waals surface area contributed by atoms with Crippen LogP contribution in [-0.4, -0.2) is 33.4 Å². The van der Waals surface area contributed by atoms with Crippen LogP contribution in [0.4, 0.5) is 0 Å². The van der Waals surface area contributed by atoms with E-state index in [0.29, 0.717) is 0 Å². The summed E-state index contributed by atoms with van der Waals surface area (Å²) in [5.74, 6) is 1.25. The van der Waals surface area contributed by atoms with Crippen LogP contribution >= 0.6 is 21.4 Å². The molecule has 0 atom stereocenters. The summed E-state index contributed by atoms with van der Waals surface area (Å²) in [6, 6.07) is 2.18. The molecule has 0 aromatic carbocycles. The van der Waals surface area contributed by atoms with Gasteiger partial charge in [0.05, 0.1) is 6.20 Å². The average molecular weight is 319 g/mol. The summed E-state index contributed by atoms with van der Waals surface area (Å²) >= 11 is 1.56. The molecule has 1 aliphatic rings. The Labute approximate surface area is 127 Å². The van der Waals surface area contributed by atoms with E-state index in [1.165, 1.54) is 17.1 Å². The highest BCUT2D eigenvalue weighted by molar-refractivity contribution is 8.32. The number of H-pyrrole nitrogens is 2. The molecule has 0 saturated heterocycles. The van der Waals surface area contributed by atoms with Gasteiger partial charge < -0.3 is 4.98 Å². The van der Waals surface area contributed by atoms with Gasteiger partial charge in [0.25, 0.3) is 5.56 Å². The highest BCUT2D eigenvalue weighted by atomic mass is 32.3. The standard InChI is InChI=1S/C15H17N3OS2/c1-21(2)5-3-4-11-14(21)10-6-12(9-7-16-17-8-9)20-13(10)15(19)18-11/h6-8H,3-5H2,1-2H3,(H,16,17)(H,18,19). The fraction of sp³-hybridized carbons (Fsp3) is 0.333. The maximum atomic E-state index is 12.4. The molecule has 4 nitrogen and oxygen atoms in total. The van der Waals surface area contributed by atoms with Gasteiger partial charge in [0.1, 0.15) is 4.70 Å². The minimum Gasteiger partial charge on any atom is -0.324 e. The predicted octanol–water partition coefficient (Wildman–Crippen LogP) is 3.35. The van der Waals surface area contributed by atoms with Gasteiger partial charge >= 0.3 is 0 Å². The van der Waals surface area contributed by atoms with E-state index >= 15 is 0 Å². The van der Waals surface area contributed by atoms with Crippen LogP contribution in [0, 0.1) is 0 Å². The van der Waals surface area contributed by atoms with Crippen molar-refractivity contribution in [1.82, 2.24) is 15.2 Å². The first kappa shape index (κ1) is 13.2. The fourth-order valence-electron chi connectivity index (χ4n) is 3.19. The molecular weight excluding hydrogens is 302 g/mol. The molecule has 1 aliphatic heterocycles. The summed E-state index contributed by atoms with van der Waals surface area (Å²) in [4.78, 5) is 18.0. The average Bonchev–Trinajstić information content (AvgIpc) is 3.06. The molecule has 21 heavy (non-hydrogen) atoms. The Kier molecular flexibility index (Phi) is 2.81. The van der Waals surface area contributed by atoms with Crippen molar-refractivity contribution < 1.29 is 0 Å². The van der Waals surface area contributed by atoms with Gasteiger partial charge in [-0.15, -0.1) is 11.3 Å². The first-order chi connectivity index (χ1) is 10.1. The van der Waals surface area contributed by atoms with Crippen LogP contribution in [0.5, 0.6) is 0 Å². The number of fused-ring (bicyclic) bond motifs is 3. The summed E-state index contributed by atoms with van der Waals surface area (Å²) in [7, 11) is -0.828. The van der Waals surface area contributed by atoms with Crippen molar-refractivity contribution >= 4 is 31.5 Å². The molecular formula is C15H17N3OS2. The molecule has 4 rings (SSSR count). The SMILES string of the molecule is CS1(C)CCCc2[nH]c(=O)c3sc(-c4cn[nH]c4)cc3c21. The second-order valence-electron chi connectivity index (χ2n) is 5.95. The zero-order chi connectivity index (χ0) is 14.6. The number of aromatic nitrogens is 3. The van der Waals surface area contributed by atoms with Crippen LogP contribution in [0.25, 0.3) is 20.5 Å². The third-order valence-corrected chi connectivity index (χ3v) is 8.20. The first-order valence-corrected chi connectivity index (χ1v) is 10.4. The molecule has 0 amide bonds. The van der Waals surface area contributed by atoms with Gasteiger partial charge in [0, 0.05) is 32.6 Å². The van der Waals surface area contributed by atoms with Gasteiger partial charge in [-0.2, -0.15) is 5.10 Å². The lowest BCUT2D eigenvalue weighted by atomic mass is 10.1. The molecule has 3 aromatic rings. The van der Waals surface area contributed by atoms with E-state index in [4.69, 9.17) is 0 Å². The Morgan fingerprint density at radius 3 is 3.00 bits per heavy atom. The van der Waals surface area contributed by atoms with Gasteiger partial charge in [-0.05, 0) is 37.2 Å². The van der Waals surface area contributed by atoms with Gasteiger partial charge in [-0.1, -0.05) is 0 Å². The number of pyridine rings is 1. The molecule has 4 heterocycles. The van der Waals surface area contributed by atoms with Crippen LogP contribution in [0.1, 0.15) is 12.1 Å². The van der Waals surface area contributed by atoms with Crippen LogP contribution < -0.4 is 5.56 Å². The highest BCUT2D eigenvalue weighted by Crippen LogP contribution is 2.56. The van der Waals surface area contributed by atoms with Crippen molar-refractivity contribution in [2.75, 3.05) is 18.3 Å². The smallest absolute Gasteiger partial charge is 0.266 e. The Morgan fingerprint density at radius 2 is 2.24 bits per heavy atom. The van der Waals surface area contributed by atoms with Crippen molar-refractivity contribution in [3.63, 3.8) is 0 Å². The van der Waals surface area contributed by atoms with E-state index in [2.05, 4.69) is 33.8 Å². The lowest BCUT2D eigenvalue weighted by molar-refractivity contribution is 0.837. The number of hydrogen-bond donors (Lipinski definition) is 2. The highest BCUT2D eigenvalue weighted by Gasteiger charge is 2.27. The van der Waals surface area contributed by atoms with Crippen molar-refractivity contribution in [3.8, 4) is 10.4 Å². The molecule has 0 saturated carbocycles. The first-order valence-electron chi connectivity index (χ1n) is 6.95. The maximum Gasteiger partial charge on any atom is 0.266 e. The van der Waals surface area contributed by atoms with Gasteiger partial charge in [-0.25, -0.2) is 10.0 Å². The van der Waals surface area contributed by atoms with E-state index < -0.39 is 10.0 Å². The van der Waals surface area contributed by atoms with Crippen LogP contribution in [0.3, 0.4) is 0 Å². The van der Waals surface area contributed by atoms with Crippen molar-refractivity contribution in [2.24, 2.45) is 0 Å². The van der Waals surface area contributed by atoms with E-state index in [1.807, 2.05) is 12.4 Å². The Morgan fingerprint density at radius 1 is 1.38 bits per heavy atom. The van der Waals surface area contributed by atoms with Crippen LogP contribution in [0.15, 0.2) is 28.2 Å². The van der Waals surface area contributed by atoms with Crippen molar-refractivity contribution in [2.45, 2.75) is 17.7 Å². The van der Waals surface area contributed by atoms with E-state index in [9.17, 15) is 4.79 Å². The van der Waals surface area contributed by atoms with Gasteiger partial charge in [0.15, 0.2) is 0 Å². The topological polar surface area (TPSA) is 61.5 Å². The third-order valence-electron chi connectivity index (χ3n) is 4.14. The van der Waals surface area contributed by atoms with E-state index in [1.54, 1.807) is 11.3 Å². The molecule has 0 radical (unpaired) electrons. The molecule has 0 bridgehead atoms. The molecule has 3 aromatic heterocycles. The molecule has 2 N–H and O–H groups in total. The van der Waals surface area contributed by atoms with Crippen LogP contribution in [-0.2, 0) is 6.42 Å². The van der Waals surface area contributed by atoms with Crippen molar-refractivity contribution in [3.05, 3.63) is 34.5 Å². The van der Waals surface area contributed by atoms with Gasteiger partial charge in [-0.3, -0.25) is 9.89 Å². The number of hydrogen-bond acceptors (Lipinski definition) is 3. The second-order valence-corrected chi connectivity index (χ2v) is 10.9. The molecule has 110 valence electrons. The van der Waals surface area contributed by atoms with Gasteiger partial charge in [0.2, 0.25) is 0 Å². The third kappa shape index (κ3) is 1.97. The second kappa shape index (κ2) is 4.48. The summed E-state index contributed by atoms with van der Waals surface area (Å²) in [5.41, 5.74) is 2.27. The molecule has 0 spiro atoms. The Bertz CT molecular complexity index is 874. The number of rotatable bonds is 1. The molecule has 6 heteroatoms. The van der Waals surface area contributed by atoms with Crippen molar-refractivity contribution in [1.29, 1.82) is 0 Å². The number of thiophene rings is 1. The minimum atomic E-state index is -0.828. The summed E-state index contributed by atoms with van der Waals surface area (Å²) < 4.78 is 0.854. The summed E-state index contributed by atoms with van der Waals surface area (Å²) in [6.45, 7) is 0. The number of nitrogens with one attached hydrogen (secondary N) is 2. The zero-order valence-electron chi connectivity index (χ0n) is 12.0. The normalized spacial score (nSPS) is 18.6. The zero-order valence-corrected chi connectivity index (χ0v) is 13.7. The quantitative estimate of drug-likeness (QED) is 0.722. The molecule has 0 unspecified atom stereocenters. The van der Waals surface area contributed by atoms with E-state index in [-0.39, 0.29) is 5.56 Å². The summed E-state index contributed by atoms with van der Waals surface area (Å²) in [5, 5.41) is 8.01. The number of nitrogens with zero attached hydrogens (tertiary/aromatic N) is 1. The number of aromatic amines is 2. The number of aryl methyl sites for hydroxylation is 1. The Balaban J connectivity index is 2.07. The molecule has 0 aliphatic carbocycles. The van der Waals surface area contributed by atoms with E-state index in [0.717, 1.165) is 32.6 Å². The maximum absolute atomic E-state index is 12.4. The fourth-order valence-corrected chi connectivity index (χ4v) is 6.94. The largest absolute Gasteiger partial charge is 0.324 e. The van der Waals surface area contributed by atoms with Crippen LogP contribution in [0.2, 0.25) is 0 Å². The molecule has 0 fully saturated rings. The monoisotopic (exact) mass is 319 g/mol. The lowest BCUT2D eigenvalue weighted by Gasteiger charge is -2.37. The minimum absolute atomic E-state index is 0.0561. The summed E-state index contributed by atoms with van der Waals surface area (Å²) in [6.07, 6.45) is 10.6. The lowest BCUT2D eigenvalue weighted by Crippen LogP contribution is -2.19. The Hall–Kier alpha value is -1.53.